The first-order chi connectivity index (χ1) is 10.7. The zero-order chi connectivity index (χ0) is 17.3. The fourth-order valence-corrected chi connectivity index (χ4v) is 3.82. The van der Waals surface area contributed by atoms with Gasteiger partial charge < -0.3 is 10.6 Å². The summed E-state index contributed by atoms with van der Waals surface area (Å²) in [5.41, 5.74) is 0.539. The second-order valence-electron chi connectivity index (χ2n) is 6.44. The molecule has 136 valence electrons. The Bertz CT molecular complexity index is 699. The summed E-state index contributed by atoms with van der Waals surface area (Å²) in [4.78, 5) is 12.7. The van der Waals surface area contributed by atoms with Gasteiger partial charge in [-0.2, -0.15) is 0 Å². The number of aryl methyl sites for hydroxylation is 1. The van der Waals surface area contributed by atoms with E-state index in [1.54, 1.807) is 19.1 Å². The lowest BCUT2D eigenvalue weighted by molar-refractivity contribution is -0.122. The Morgan fingerprint density at radius 2 is 1.96 bits per heavy atom. The monoisotopic (exact) mass is 375 g/mol. The molecule has 0 aromatic heterocycles. The summed E-state index contributed by atoms with van der Waals surface area (Å²) in [6.07, 6.45) is 2.84. The lowest BCUT2D eigenvalue weighted by Gasteiger charge is -2.33. The van der Waals surface area contributed by atoms with Crippen LogP contribution in [0, 0.1) is 6.92 Å². The minimum absolute atomic E-state index is 0. The van der Waals surface area contributed by atoms with Gasteiger partial charge in [-0.15, -0.1) is 12.4 Å². The van der Waals surface area contributed by atoms with Crippen LogP contribution in [0.15, 0.2) is 23.1 Å². The van der Waals surface area contributed by atoms with E-state index in [-0.39, 0.29) is 23.2 Å². The molecule has 0 bridgehead atoms. The van der Waals surface area contributed by atoms with Crippen molar-refractivity contribution in [1.29, 1.82) is 0 Å². The summed E-state index contributed by atoms with van der Waals surface area (Å²) in [5.74, 6) is -0.130. The average molecular weight is 376 g/mol. The first-order valence-electron chi connectivity index (χ1n) is 7.76. The minimum Gasteiger partial charge on any atom is -0.324 e. The smallest absolute Gasteiger partial charge is 0.244 e. The summed E-state index contributed by atoms with van der Waals surface area (Å²) in [7, 11) is -0.553. The highest BCUT2D eigenvalue weighted by atomic mass is 35.5. The number of amides is 1. The van der Waals surface area contributed by atoms with Gasteiger partial charge in [-0.3, -0.25) is 4.79 Å². The third kappa shape index (κ3) is 4.27. The molecule has 6 nitrogen and oxygen atoms in total. The van der Waals surface area contributed by atoms with E-state index in [4.69, 9.17) is 0 Å². The molecule has 1 amide bonds. The normalized spacial score (nSPS) is 21.2. The van der Waals surface area contributed by atoms with Crippen molar-refractivity contribution in [2.24, 2.45) is 0 Å². The van der Waals surface area contributed by atoms with Crippen LogP contribution in [0.1, 0.15) is 31.7 Å². The van der Waals surface area contributed by atoms with Crippen LogP contribution in [0.4, 0.5) is 5.69 Å². The first kappa shape index (κ1) is 20.9. The van der Waals surface area contributed by atoms with E-state index in [0.29, 0.717) is 11.3 Å². The number of nitrogens with one attached hydrogen (secondary N) is 2. The van der Waals surface area contributed by atoms with Crippen molar-refractivity contribution >= 4 is 34.0 Å². The zero-order valence-corrected chi connectivity index (χ0v) is 16.2. The molecule has 1 fully saturated rings. The molecule has 1 heterocycles. The van der Waals surface area contributed by atoms with Crippen LogP contribution in [0.25, 0.3) is 0 Å². The predicted octanol–water partition coefficient (Wildman–Crippen LogP) is 2.14. The molecule has 1 aliphatic rings. The fourth-order valence-electron chi connectivity index (χ4n) is 2.67. The molecule has 1 atom stereocenters. The van der Waals surface area contributed by atoms with E-state index in [2.05, 4.69) is 10.6 Å². The lowest BCUT2D eigenvalue weighted by Crippen LogP contribution is -2.54. The predicted molar refractivity (Wildman–Crippen MR) is 98.2 cm³/mol. The highest BCUT2D eigenvalue weighted by Gasteiger charge is 2.34. The number of carbonyl (C=O) groups is 1. The van der Waals surface area contributed by atoms with Crippen LogP contribution in [0.3, 0.4) is 0 Å². The molecule has 1 saturated heterocycles. The summed E-state index contributed by atoms with van der Waals surface area (Å²) in [6, 6.07) is 4.96. The molecule has 0 radical (unpaired) electrons. The third-order valence-corrected chi connectivity index (χ3v) is 6.28. The van der Waals surface area contributed by atoms with Crippen LogP contribution in [0.2, 0.25) is 0 Å². The molecular formula is C16H26ClN3O3S. The Kier molecular flexibility index (Phi) is 6.81. The summed E-state index contributed by atoms with van der Waals surface area (Å²) in [5, 5.41) is 6.10. The van der Waals surface area contributed by atoms with Gasteiger partial charge in [-0.05, 0) is 57.4 Å². The Balaban J connectivity index is 0.00000288. The van der Waals surface area contributed by atoms with Crippen molar-refractivity contribution < 1.29 is 13.2 Å². The Labute approximate surface area is 150 Å². The third-order valence-electron chi connectivity index (χ3n) is 4.32. The molecule has 8 heteroatoms. The molecule has 0 aliphatic carbocycles. The van der Waals surface area contributed by atoms with E-state index < -0.39 is 15.6 Å². The van der Waals surface area contributed by atoms with Gasteiger partial charge >= 0.3 is 0 Å². The van der Waals surface area contributed by atoms with Crippen molar-refractivity contribution in [3.8, 4) is 0 Å². The maximum absolute atomic E-state index is 12.5. The number of hydrogen-bond donors (Lipinski definition) is 2. The number of hydrogen-bond acceptors (Lipinski definition) is 4. The number of carbonyl (C=O) groups excluding carboxylic acids is 1. The topological polar surface area (TPSA) is 78.5 Å². The molecule has 1 aliphatic heterocycles. The van der Waals surface area contributed by atoms with E-state index >= 15 is 0 Å². The molecule has 0 saturated carbocycles. The molecule has 0 spiro atoms. The van der Waals surface area contributed by atoms with Crippen LogP contribution in [-0.4, -0.2) is 44.8 Å². The number of sulfonamides is 1. The van der Waals surface area contributed by atoms with E-state index in [1.807, 2.05) is 6.92 Å². The van der Waals surface area contributed by atoms with Crippen molar-refractivity contribution in [2.45, 2.75) is 43.5 Å². The number of anilines is 1. The van der Waals surface area contributed by atoms with Gasteiger partial charge in [0.25, 0.3) is 0 Å². The van der Waals surface area contributed by atoms with Crippen molar-refractivity contribution in [3.63, 3.8) is 0 Å². The Hall–Kier alpha value is -1.15. The van der Waals surface area contributed by atoms with Gasteiger partial charge in [0.2, 0.25) is 15.9 Å². The maximum atomic E-state index is 12.5. The SMILES string of the molecule is Cc1ccc(NC(=O)C2(C)CCCCN2)cc1S(=O)(=O)N(C)C.Cl. The molecule has 1 unspecified atom stereocenters. The largest absolute Gasteiger partial charge is 0.324 e. The number of piperidine rings is 1. The zero-order valence-electron chi connectivity index (χ0n) is 14.5. The Morgan fingerprint density at radius 3 is 2.50 bits per heavy atom. The molecular weight excluding hydrogens is 350 g/mol. The summed E-state index contributed by atoms with van der Waals surface area (Å²) in [6.45, 7) is 4.44. The molecule has 2 rings (SSSR count). The minimum atomic E-state index is -3.54. The van der Waals surface area contributed by atoms with Crippen LogP contribution in [0.5, 0.6) is 0 Å². The van der Waals surface area contributed by atoms with Gasteiger partial charge in [-0.1, -0.05) is 6.07 Å². The van der Waals surface area contributed by atoms with Crippen LogP contribution >= 0.6 is 12.4 Å². The van der Waals surface area contributed by atoms with Crippen LogP contribution in [-0.2, 0) is 14.8 Å². The number of benzene rings is 1. The van der Waals surface area contributed by atoms with Gasteiger partial charge in [0.05, 0.1) is 10.4 Å². The van der Waals surface area contributed by atoms with E-state index in [9.17, 15) is 13.2 Å². The molecule has 1 aromatic carbocycles. The van der Waals surface area contributed by atoms with E-state index in [1.165, 1.54) is 24.5 Å². The van der Waals surface area contributed by atoms with Gasteiger partial charge in [0.1, 0.15) is 0 Å². The van der Waals surface area contributed by atoms with Crippen molar-refractivity contribution in [1.82, 2.24) is 9.62 Å². The Morgan fingerprint density at radius 1 is 1.29 bits per heavy atom. The maximum Gasteiger partial charge on any atom is 0.244 e. The number of halogens is 1. The van der Waals surface area contributed by atoms with Crippen LogP contribution < -0.4 is 10.6 Å². The number of nitrogens with zero attached hydrogens (tertiary/aromatic N) is 1. The molecule has 1 aromatic rings. The standard InChI is InChI=1S/C16H25N3O3S.ClH/c1-12-7-8-13(11-14(12)23(21,22)19(3)4)18-15(20)16(2)9-5-6-10-17-16;/h7-8,11,17H,5-6,9-10H2,1-4H3,(H,18,20);1H. The number of rotatable bonds is 4. The summed E-state index contributed by atoms with van der Waals surface area (Å²) >= 11 is 0. The van der Waals surface area contributed by atoms with Gasteiger partial charge in [-0.25, -0.2) is 12.7 Å². The second kappa shape index (κ2) is 7.82. The quantitative estimate of drug-likeness (QED) is 0.845. The lowest BCUT2D eigenvalue weighted by atomic mass is 9.90. The van der Waals surface area contributed by atoms with E-state index in [0.717, 1.165) is 25.8 Å². The van der Waals surface area contributed by atoms with Gasteiger partial charge in [0, 0.05) is 19.8 Å². The highest BCUT2D eigenvalue weighted by Crippen LogP contribution is 2.25. The molecule has 24 heavy (non-hydrogen) atoms. The molecule has 2 N–H and O–H groups in total. The first-order valence-corrected chi connectivity index (χ1v) is 9.20. The summed E-state index contributed by atoms with van der Waals surface area (Å²) < 4.78 is 25.9. The second-order valence-corrected chi connectivity index (χ2v) is 8.56. The van der Waals surface area contributed by atoms with Gasteiger partial charge in [0.15, 0.2) is 0 Å². The van der Waals surface area contributed by atoms with Crippen molar-refractivity contribution in [3.05, 3.63) is 23.8 Å². The highest BCUT2D eigenvalue weighted by molar-refractivity contribution is 7.89. The fraction of sp³-hybridized carbons (Fsp3) is 0.562. The van der Waals surface area contributed by atoms with Crippen molar-refractivity contribution in [2.75, 3.05) is 26.0 Å². The average Bonchev–Trinajstić information content (AvgIpc) is 2.49.